The van der Waals surface area contributed by atoms with E-state index < -0.39 is 11.6 Å². The molecule has 0 fully saturated rings. The van der Waals surface area contributed by atoms with Crippen molar-refractivity contribution in [2.24, 2.45) is 0 Å². The predicted octanol–water partition coefficient (Wildman–Crippen LogP) is 6.79. The van der Waals surface area contributed by atoms with Crippen molar-refractivity contribution in [2.45, 2.75) is 52.4 Å². The summed E-state index contributed by atoms with van der Waals surface area (Å²) in [6.45, 7) is 12.5. The molecule has 0 atom stereocenters. The van der Waals surface area contributed by atoms with E-state index >= 15 is 0 Å². The Morgan fingerprint density at radius 3 is 1.09 bits per heavy atom. The summed E-state index contributed by atoms with van der Waals surface area (Å²) in [6, 6.07) is 14.5. The van der Waals surface area contributed by atoms with Gasteiger partial charge in [0.2, 0.25) is 11.6 Å². The number of ketones is 2. The number of hydrogen-bond donors (Lipinski definition) is 0. The van der Waals surface area contributed by atoms with Crippen LogP contribution in [0.1, 0.15) is 52.7 Å². The summed E-state index contributed by atoms with van der Waals surface area (Å²) in [5.74, 6) is -1.31. The Balaban J connectivity index is 1.82. The Morgan fingerprint density at radius 2 is 0.844 bits per heavy atom. The molecule has 0 saturated carbocycles. The normalized spacial score (nSPS) is 15.4. The van der Waals surface area contributed by atoms with Crippen molar-refractivity contribution in [3.05, 3.63) is 81.2 Å². The lowest BCUT2D eigenvalue weighted by molar-refractivity contribution is -0.118. The van der Waals surface area contributed by atoms with Gasteiger partial charge in [0.15, 0.2) is 11.5 Å². The first-order chi connectivity index (χ1) is 14.8. The molecule has 4 nitrogen and oxygen atoms in total. The highest BCUT2D eigenvalue weighted by molar-refractivity contribution is 6.55. The highest BCUT2D eigenvalue weighted by atomic mass is 35.5. The van der Waals surface area contributed by atoms with Gasteiger partial charge in [-0.15, -0.1) is 0 Å². The van der Waals surface area contributed by atoms with E-state index in [9.17, 15) is 9.59 Å². The molecule has 0 bridgehead atoms. The number of ether oxygens (including phenoxy) is 2. The maximum atomic E-state index is 12.8. The SMILES string of the molecule is CC(C)(C)c1ccc(OC2=C(Cl)C(=O)C(Oc3ccc(C(C)(C)C)cc3)=C(Cl)C2=O)cc1. The van der Waals surface area contributed by atoms with Gasteiger partial charge in [-0.25, -0.2) is 0 Å². The summed E-state index contributed by atoms with van der Waals surface area (Å²) in [6.07, 6.45) is 0. The molecule has 168 valence electrons. The average Bonchev–Trinajstić information content (AvgIpc) is 2.72. The second-order valence-electron chi connectivity index (χ2n) is 9.70. The summed E-state index contributed by atoms with van der Waals surface area (Å²) in [7, 11) is 0. The van der Waals surface area contributed by atoms with Gasteiger partial charge in [-0.1, -0.05) is 89.0 Å². The van der Waals surface area contributed by atoms with E-state index in [0.717, 1.165) is 11.1 Å². The van der Waals surface area contributed by atoms with Crippen LogP contribution in [0.4, 0.5) is 0 Å². The van der Waals surface area contributed by atoms with E-state index in [1.807, 2.05) is 24.3 Å². The van der Waals surface area contributed by atoms with Crippen LogP contribution in [0.25, 0.3) is 0 Å². The third-order valence-electron chi connectivity index (χ3n) is 5.09. The van der Waals surface area contributed by atoms with Gasteiger partial charge in [0.25, 0.3) is 0 Å². The van der Waals surface area contributed by atoms with E-state index in [1.165, 1.54) is 0 Å². The Morgan fingerprint density at radius 1 is 0.562 bits per heavy atom. The van der Waals surface area contributed by atoms with E-state index in [2.05, 4.69) is 41.5 Å². The lowest BCUT2D eigenvalue weighted by atomic mass is 9.87. The highest BCUT2D eigenvalue weighted by Crippen LogP contribution is 2.34. The molecular formula is C26H26Cl2O4. The van der Waals surface area contributed by atoms with Crippen LogP contribution in [-0.4, -0.2) is 11.6 Å². The number of carbonyl (C=O) groups is 2. The number of Topliss-reactive ketones (excluding diaryl/α,β-unsaturated/α-hetero) is 2. The van der Waals surface area contributed by atoms with Gasteiger partial charge < -0.3 is 9.47 Å². The largest absolute Gasteiger partial charge is 0.451 e. The van der Waals surface area contributed by atoms with Crippen LogP contribution in [0.5, 0.6) is 11.5 Å². The molecule has 0 aliphatic heterocycles. The first-order valence-electron chi connectivity index (χ1n) is 10.2. The van der Waals surface area contributed by atoms with Crippen LogP contribution in [-0.2, 0) is 20.4 Å². The second-order valence-corrected chi connectivity index (χ2v) is 10.5. The maximum absolute atomic E-state index is 12.8. The van der Waals surface area contributed by atoms with Gasteiger partial charge in [0.1, 0.15) is 21.6 Å². The van der Waals surface area contributed by atoms with Gasteiger partial charge in [0.05, 0.1) is 0 Å². The topological polar surface area (TPSA) is 52.6 Å². The molecule has 0 saturated heterocycles. The van der Waals surface area contributed by atoms with Crippen molar-refractivity contribution >= 4 is 34.8 Å². The molecule has 2 aromatic rings. The number of allylic oxidation sites excluding steroid dienone is 2. The molecule has 0 aromatic heterocycles. The standard InChI is InChI=1S/C26H26Cl2O4/c1-25(2,3)15-7-11-17(12-8-15)31-23-19(27)22(30)24(20(28)21(23)29)32-18-13-9-16(10-14-18)26(4,5)6/h7-14H,1-6H3. The summed E-state index contributed by atoms with van der Waals surface area (Å²) < 4.78 is 11.3. The van der Waals surface area contributed by atoms with Crippen molar-refractivity contribution in [1.82, 2.24) is 0 Å². The zero-order chi connectivity index (χ0) is 23.8. The fourth-order valence-electron chi connectivity index (χ4n) is 3.07. The molecule has 0 N–H and O–H groups in total. The molecular weight excluding hydrogens is 447 g/mol. The third-order valence-corrected chi connectivity index (χ3v) is 5.78. The Labute approximate surface area is 198 Å². The average molecular weight is 473 g/mol. The number of carbonyl (C=O) groups excluding carboxylic acids is 2. The molecule has 32 heavy (non-hydrogen) atoms. The first-order valence-corrected chi connectivity index (χ1v) is 11.0. The van der Waals surface area contributed by atoms with Crippen LogP contribution in [0.15, 0.2) is 70.1 Å². The van der Waals surface area contributed by atoms with E-state index in [-0.39, 0.29) is 32.4 Å². The van der Waals surface area contributed by atoms with Crippen molar-refractivity contribution < 1.29 is 19.1 Å². The molecule has 0 heterocycles. The molecule has 6 heteroatoms. The summed E-state index contributed by atoms with van der Waals surface area (Å²) in [5, 5.41) is -0.749. The van der Waals surface area contributed by atoms with Crippen LogP contribution < -0.4 is 9.47 Å². The molecule has 0 spiro atoms. The van der Waals surface area contributed by atoms with Crippen LogP contribution in [0.2, 0.25) is 0 Å². The first kappa shape index (κ1) is 24.1. The lowest BCUT2D eigenvalue weighted by Crippen LogP contribution is -2.25. The minimum Gasteiger partial charge on any atom is -0.451 e. The van der Waals surface area contributed by atoms with Gasteiger partial charge >= 0.3 is 0 Å². The summed E-state index contributed by atoms with van der Waals surface area (Å²) in [4.78, 5) is 25.6. The number of hydrogen-bond acceptors (Lipinski definition) is 4. The maximum Gasteiger partial charge on any atom is 0.245 e. The van der Waals surface area contributed by atoms with Crippen molar-refractivity contribution in [3.8, 4) is 11.5 Å². The monoisotopic (exact) mass is 472 g/mol. The van der Waals surface area contributed by atoms with E-state index in [0.29, 0.717) is 11.5 Å². The summed E-state index contributed by atoms with van der Waals surface area (Å²) >= 11 is 12.4. The van der Waals surface area contributed by atoms with Crippen LogP contribution in [0.3, 0.4) is 0 Å². The zero-order valence-corrected chi connectivity index (χ0v) is 20.5. The van der Waals surface area contributed by atoms with Gasteiger partial charge in [0, 0.05) is 0 Å². The molecule has 3 rings (SSSR count). The zero-order valence-electron chi connectivity index (χ0n) is 19.0. The summed E-state index contributed by atoms with van der Waals surface area (Å²) in [5.41, 5.74) is 2.13. The predicted molar refractivity (Wildman–Crippen MR) is 127 cm³/mol. The molecule has 0 radical (unpaired) electrons. The highest BCUT2D eigenvalue weighted by Gasteiger charge is 2.37. The van der Waals surface area contributed by atoms with Crippen molar-refractivity contribution in [1.29, 1.82) is 0 Å². The minimum absolute atomic E-state index is 0.0323. The number of halogens is 2. The Hall–Kier alpha value is -2.56. The smallest absolute Gasteiger partial charge is 0.245 e. The Bertz CT molecular complexity index is 1020. The van der Waals surface area contributed by atoms with Crippen molar-refractivity contribution in [3.63, 3.8) is 0 Å². The Kier molecular flexibility index (Phi) is 6.60. The van der Waals surface area contributed by atoms with Crippen LogP contribution >= 0.6 is 23.2 Å². The molecule has 0 amide bonds. The van der Waals surface area contributed by atoms with E-state index in [1.54, 1.807) is 24.3 Å². The fourth-order valence-corrected chi connectivity index (χ4v) is 3.49. The van der Waals surface area contributed by atoms with Gasteiger partial charge in [-0.05, 0) is 46.2 Å². The lowest BCUT2D eigenvalue weighted by Gasteiger charge is -2.21. The quantitative estimate of drug-likeness (QED) is 0.459. The molecule has 1 aliphatic carbocycles. The van der Waals surface area contributed by atoms with Gasteiger partial charge in [-0.2, -0.15) is 0 Å². The number of benzene rings is 2. The number of rotatable bonds is 4. The van der Waals surface area contributed by atoms with Gasteiger partial charge in [-0.3, -0.25) is 9.59 Å². The van der Waals surface area contributed by atoms with E-state index in [4.69, 9.17) is 32.7 Å². The molecule has 2 aromatic carbocycles. The third kappa shape index (κ3) is 5.08. The molecule has 0 unspecified atom stereocenters. The fraction of sp³-hybridized carbons (Fsp3) is 0.308. The van der Waals surface area contributed by atoms with Crippen molar-refractivity contribution in [2.75, 3.05) is 0 Å². The molecule has 1 aliphatic rings. The minimum atomic E-state index is -0.711. The van der Waals surface area contributed by atoms with Crippen LogP contribution in [0, 0.1) is 0 Å². The second kappa shape index (κ2) is 8.76.